The van der Waals surface area contributed by atoms with Crippen LogP contribution in [0.5, 0.6) is 5.75 Å². The van der Waals surface area contributed by atoms with Crippen molar-refractivity contribution in [2.45, 2.75) is 19.0 Å². The molecule has 3 rings (SSSR count). The average molecular weight is 415 g/mol. The topological polar surface area (TPSA) is 55.7 Å². The summed E-state index contributed by atoms with van der Waals surface area (Å²) in [4.78, 5) is 17.2. The van der Waals surface area contributed by atoms with Gasteiger partial charge in [-0.1, -0.05) is 11.6 Å². The highest BCUT2D eigenvalue weighted by Crippen LogP contribution is 2.31. The minimum atomic E-state index is -4.37. The zero-order valence-corrected chi connectivity index (χ0v) is 15.9. The number of hydrogen-bond donors (Lipinski definition) is 1. The van der Waals surface area contributed by atoms with E-state index in [4.69, 9.17) is 16.3 Å². The number of halogens is 4. The number of anilines is 2. The molecule has 9 heteroatoms. The first-order valence-electron chi connectivity index (χ1n) is 8.76. The van der Waals surface area contributed by atoms with Gasteiger partial charge in [0.25, 0.3) is 5.82 Å². The summed E-state index contributed by atoms with van der Waals surface area (Å²) in [7, 11) is 1.51. The number of nitrogens with one attached hydrogen (secondary N) is 2. The summed E-state index contributed by atoms with van der Waals surface area (Å²) in [6.45, 7) is 1.12. The van der Waals surface area contributed by atoms with E-state index in [-0.39, 0.29) is 11.8 Å². The summed E-state index contributed by atoms with van der Waals surface area (Å²) in [5.74, 6) is 0.795. The van der Waals surface area contributed by atoms with Crippen molar-refractivity contribution in [3.8, 4) is 5.75 Å². The summed E-state index contributed by atoms with van der Waals surface area (Å²) < 4.78 is 43.2. The molecule has 2 heterocycles. The number of nitrogens with zero attached hydrogens (tertiary/aromatic N) is 1. The van der Waals surface area contributed by atoms with E-state index in [9.17, 15) is 18.0 Å². The predicted octanol–water partition coefficient (Wildman–Crippen LogP) is 4.04. The Hall–Kier alpha value is -2.48. The quantitative estimate of drug-likeness (QED) is 0.821. The van der Waals surface area contributed by atoms with Crippen LogP contribution in [0.4, 0.5) is 24.7 Å². The van der Waals surface area contributed by atoms with E-state index in [1.54, 1.807) is 18.2 Å². The first kappa shape index (κ1) is 20.3. The van der Waals surface area contributed by atoms with Crippen LogP contribution >= 0.6 is 11.6 Å². The molecule has 2 aromatic rings. The summed E-state index contributed by atoms with van der Waals surface area (Å²) >= 11 is 5.98. The third-order valence-corrected chi connectivity index (χ3v) is 4.98. The molecule has 1 aliphatic rings. The third kappa shape index (κ3) is 4.67. The molecule has 5 nitrogen and oxygen atoms in total. The molecule has 0 saturated carbocycles. The molecule has 150 valence electrons. The number of alkyl halides is 3. The summed E-state index contributed by atoms with van der Waals surface area (Å²) in [5, 5.41) is 3.34. The third-order valence-electron chi connectivity index (χ3n) is 4.75. The van der Waals surface area contributed by atoms with Gasteiger partial charge in [-0.3, -0.25) is 9.69 Å². The Labute approximate surface area is 165 Å². The van der Waals surface area contributed by atoms with Crippen molar-refractivity contribution in [1.82, 2.24) is 0 Å². The van der Waals surface area contributed by atoms with Crippen LogP contribution in [0.15, 0.2) is 36.5 Å². The van der Waals surface area contributed by atoms with Crippen LogP contribution in [0.2, 0.25) is 5.02 Å². The number of methoxy groups -OCH3 is 1. The van der Waals surface area contributed by atoms with Crippen LogP contribution < -0.4 is 19.9 Å². The van der Waals surface area contributed by atoms with Crippen LogP contribution in [0, 0.1) is 5.92 Å². The van der Waals surface area contributed by atoms with Gasteiger partial charge in [0, 0.05) is 17.0 Å². The van der Waals surface area contributed by atoms with Crippen molar-refractivity contribution in [2.24, 2.45) is 5.92 Å². The zero-order valence-electron chi connectivity index (χ0n) is 15.1. The maximum atomic E-state index is 12.7. The van der Waals surface area contributed by atoms with Gasteiger partial charge < -0.3 is 10.1 Å². The van der Waals surface area contributed by atoms with Gasteiger partial charge in [0.2, 0.25) is 5.91 Å². The molecule has 0 aliphatic carbocycles. The van der Waals surface area contributed by atoms with Crippen molar-refractivity contribution in [3.05, 3.63) is 47.1 Å². The number of pyridine rings is 1. The van der Waals surface area contributed by atoms with E-state index in [0.717, 1.165) is 12.3 Å². The number of amides is 1. The van der Waals surface area contributed by atoms with Gasteiger partial charge in [-0.15, -0.1) is 0 Å². The molecule has 1 saturated heterocycles. The zero-order chi connectivity index (χ0) is 20.3. The highest BCUT2D eigenvalue weighted by atomic mass is 35.5. The number of H-pyrrole nitrogens is 1. The second-order valence-electron chi connectivity index (χ2n) is 6.56. The van der Waals surface area contributed by atoms with Gasteiger partial charge in [-0.05, 0) is 37.1 Å². The van der Waals surface area contributed by atoms with Crippen LogP contribution in [0.3, 0.4) is 0 Å². The van der Waals surface area contributed by atoms with Crippen molar-refractivity contribution in [2.75, 3.05) is 30.4 Å². The maximum absolute atomic E-state index is 12.7. The molecule has 1 aromatic heterocycles. The van der Waals surface area contributed by atoms with Crippen LogP contribution in [-0.2, 0) is 11.0 Å². The summed E-state index contributed by atoms with van der Waals surface area (Å²) in [5.41, 5.74) is -0.209. The highest BCUT2D eigenvalue weighted by Gasteiger charge is 2.33. The lowest BCUT2D eigenvalue weighted by Gasteiger charge is -2.27. The number of piperidine rings is 1. The number of ether oxygens (including phenoxy) is 1. The molecule has 28 heavy (non-hydrogen) atoms. The summed E-state index contributed by atoms with van der Waals surface area (Å²) in [6, 6.07) is 7.46. The van der Waals surface area contributed by atoms with E-state index in [0.29, 0.717) is 48.2 Å². The largest absolute Gasteiger partial charge is 0.495 e. The fourth-order valence-electron chi connectivity index (χ4n) is 3.18. The first-order valence-corrected chi connectivity index (χ1v) is 9.14. The molecule has 1 amide bonds. The predicted molar refractivity (Wildman–Crippen MR) is 99.6 cm³/mol. The summed E-state index contributed by atoms with van der Waals surface area (Å²) in [6.07, 6.45) is -2.24. The molecule has 0 atom stereocenters. The second-order valence-corrected chi connectivity index (χ2v) is 6.99. The Morgan fingerprint density at radius 3 is 2.54 bits per heavy atom. The number of aromatic amines is 1. The highest BCUT2D eigenvalue weighted by molar-refractivity contribution is 6.31. The smallest absolute Gasteiger partial charge is 0.419 e. The monoisotopic (exact) mass is 414 g/mol. The molecular weight excluding hydrogens is 395 g/mol. The maximum Gasteiger partial charge on any atom is 0.419 e. The average Bonchev–Trinajstić information content (AvgIpc) is 2.68. The molecule has 0 bridgehead atoms. The van der Waals surface area contributed by atoms with Crippen molar-refractivity contribution in [3.63, 3.8) is 0 Å². The Morgan fingerprint density at radius 2 is 1.96 bits per heavy atom. The normalized spacial score (nSPS) is 15.4. The van der Waals surface area contributed by atoms with Crippen LogP contribution in [-0.4, -0.2) is 26.1 Å². The fourth-order valence-corrected chi connectivity index (χ4v) is 3.36. The molecule has 1 fully saturated rings. The SMILES string of the molecule is COc1ccc(Cl)cc1NC(=O)C1CCN(c2ccc(C(F)(F)F)c[nH+]2)CC1. The number of benzene rings is 1. The molecule has 1 aromatic carbocycles. The lowest BCUT2D eigenvalue weighted by Crippen LogP contribution is -2.40. The molecule has 1 aliphatic heterocycles. The molecular formula is C19H20ClF3N3O2+. The minimum absolute atomic E-state index is 0.128. The second kappa shape index (κ2) is 8.26. The van der Waals surface area contributed by atoms with Gasteiger partial charge in [0.05, 0.1) is 31.5 Å². The Bertz CT molecular complexity index is 835. The van der Waals surface area contributed by atoms with Gasteiger partial charge >= 0.3 is 6.18 Å². The van der Waals surface area contributed by atoms with E-state index in [1.165, 1.54) is 13.2 Å². The number of hydrogen-bond acceptors (Lipinski definition) is 3. The van der Waals surface area contributed by atoms with Crippen molar-refractivity contribution < 1.29 is 27.7 Å². The van der Waals surface area contributed by atoms with Crippen LogP contribution in [0.1, 0.15) is 18.4 Å². The molecule has 0 radical (unpaired) electrons. The van der Waals surface area contributed by atoms with E-state index < -0.39 is 11.7 Å². The van der Waals surface area contributed by atoms with E-state index in [1.807, 2.05) is 4.90 Å². The van der Waals surface area contributed by atoms with Gasteiger partial charge in [0.1, 0.15) is 11.9 Å². The van der Waals surface area contributed by atoms with Gasteiger partial charge in [-0.25, -0.2) is 4.98 Å². The number of carbonyl (C=O) groups excluding carboxylic acids is 1. The van der Waals surface area contributed by atoms with Crippen molar-refractivity contribution in [1.29, 1.82) is 0 Å². The first-order chi connectivity index (χ1) is 13.3. The lowest BCUT2D eigenvalue weighted by molar-refractivity contribution is -0.367. The molecule has 2 N–H and O–H groups in total. The Kier molecular flexibility index (Phi) is 5.98. The number of aromatic nitrogens is 1. The van der Waals surface area contributed by atoms with Gasteiger partial charge in [0.15, 0.2) is 0 Å². The van der Waals surface area contributed by atoms with Gasteiger partial charge in [-0.2, -0.15) is 13.2 Å². The Balaban J connectivity index is 1.59. The van der Waals surface area contributed by atoms with Crippen LogP contribution in [0.25, 0.3) is 0 Å². The molecule has 0 unspecified atom stereocenters. The number of carbonyl (C=O) groups is 1. The number of rotatable bonds is 4. The fraction of sp³-hybridized carbons (Fsp3) is 0.368. The minimum Gasteiger partial charge on any atom is -0.495 e. The van der Waals surface area contributed by atoms with E-state index in [2.05, 4.69) is 10.3 Å². The Morgan fingerprint density at radius 1 is 1.25 bits per heavy atom. The lowest BCUT2D eigenvalue weighted by atomic mass is 9.95. The van der Waals surface area contributed by atoms with E-state index >= 15 is 0 Å². The van der Waals surface area contributed by atoms with Crippen molar-refractivity contribution >= 4 is 29.0 Å². The standard InChI is InChI=1S/C19H19ClF3N3O2/c1-28-16-4-3-14(20)10-15(16)25-18(27)12-6-8-26(9-7-12)17-5-2-13(11-24-17)19(21,22)23/h2-5,10-12H,6-9H2,1H3,(H,25,27)/p+1. The molecule has 0 spiro atoms.